The molecule has 0 fully saturated rings. The van der Waals surface area contributed by atoms with E-state index in [2.05, 4.69) is 37.2 Å². The number of aliphatic hydroxyl groups is 1. The van der Waals surface area contributed by atoms with Gasteiger partial charge in [-0.1, -0.05) is 6.92 Å². The molecule has 8 heteroatoms. The van der Waals surface area contributed by atoms with Gasteiger partial charge in [0.05, 0.1) is 13.9 Å². The normalized spacial score (nSPS) is 12.2. The Morgan fingerprint density at radius 1 is 1.45 bits per heavy atom. The minimum Gasteiger partial charge on any atom is -0.488 e. The molecule has 0 aliphatic heterocycles. The Morgan fingerprint density at radius 3 is 2.55 bits per heavy atom. The number of hydrogen-bond acceptors (Lipinski definition) is 5. The number of ether oxygens (including phenoxy) is 1. The van der Waals surface area contributed by atoms with Crippen molar-refractivity contribution in [2.45, 2.75) is 19.4 Å². The van der Waals surface area contributed by atoms with Crippen LogP contribution in [-0.4, -0.2) is 35.8 Å². The summed E-state index contributed by atoms with van der Waals surface area (Å²) in [6, 6.07) is 2.73. The predicted octanol–water partition coefficient (Wildman–Crippen LogP) is 2.86. The van der Waals surface area contributed by atoms with E-state index in [1.807, 2.05) is 6.92 Å². The first-order valence-electron chi connectivity index (χ1n) is 6.10. The highest BCUT2D eigenvalue weighted by Gasteiger charge is 2.16. The zero-order valence-corrected chi connectivity index (χ0v) is 14.1. The molecule has 6 nitrogen and oxygen atoms in total. The van der Waals surface area contributed by atoms with Gasteiger partial charge in [-0.15, -0.1) is 0 Å². The Kier molecular flexibility index (Phi) is 7.42. The lowest BCUT2D eigenvalue weighted by Gasteiger charge is -2.15. The molecule has 0 saturated heterocycles. The smallest absolute Gasteiger partial charge is 0.271 e. The Bertz CT molecular complexity index is 448. The third-order valence-electron chi connectivity index (χ3n) is 2.42. The number of non-ortho nitro benzene ring substituents is 1. The summed E-state index contributed by atoms with van der Waals surface area (Å²) in [4.78, 5) is 10.2. The number of benzene rings is 1. The largest absolute Gasteiger partial charge is 0.488 e. The summed E-state index contributed by atoms with van der Waals surface area (Å²) in [7, 11) is 0. The van der Waals surface area contributed by atoms with Gasteiger partial charge in [0, 0.05) is 18.7 Å². The monoisotopic (exact) mass is 410 g/mol. The summed E-state index contributed by atoms with van der Waals surface area (Å²) in [6.45, 7) is 3.42. The molecule has 0 bridgehead atoms. The van der Waals surface area contributed by atoms with Gasteiger partial charge in [-0.2, -0.15) is 0 Å². The summed E-state index contributed by atoms with van der Waals surface area (Å²) in [5, 5.41) is 23.5. The molecular weight excluding hydrogens is 396 g/mol. The van der Waals surface area contributed by atoms with Crippen molar-refractivity contribution in [2.75, 3.05) is 19.7 Å². The Hall–Kier alpha value is -0.700. The Labute approximate surface area is 133 Å². The SMILES string of the molecule is CCCNCC(O)COc1c(Br)cc([N+](=O)[O-])cc1Br. The fourth-order valence-electron chi connectivity index (χ4n) is 1.47. The second kappa shape index (κ2) is 8.56. The fourth-order valence-corrected chi connectivity index (χ4v) is 2.86. The molecule has 1 unspecified atom stereocenters. The Balaban J connectivity index is 2.62. The van der Waals surface area contributed by atoms with Crippen LogP contribution < -0.4 is 10.1 Å². The third kappa shape index (κ3) is 5.35. The number of aliphatic hydroxyl groups excluding tert-OH is 1. The van der Waals surface area contributed by atoms with E-state index in [1.165, 1.54) is 12.1 Å². The number of nitrogens with one attached hydrogen (secondary N) is 1. The Morgan fingerprint density at radius 2 is 2.05 bits per heavy atom. The zero-order valence-electron chi connectivity index (χ0n) is 10.9. The van der Waals surface area contributed by atoms with Crippen LogP contribution in [0.2, 0.25) is 0 Å². The molecule has 0 aliphatic rings. The number of nitro groups is 1. The van der Waals surface area contributed by atoms with E-state index < -0.39 is 11.0 Å². The molecule has 1 aromatic rings. The van der Waals surface area contributed by atoms with E-state index in [4.69, 9.17) is 4.74 Å². The third-order valence-corrected chi connectivity index (χ3v) is 3.60. The molecule has 0 spiro atoms. The van der Waals surface area contributed by atoms with Crippen molar-refractivity contribution in [3.8, 4) is 5.75 Å². The average molecular weight is 412 g/mol. The van der Waals surface area contributed by atoms with Gasteiger partial charge in [0.15, 0.2) is 0 Å². The van der Waals surface area contributed by atoms with E-state index in [0.29, 0.717) is 21.2 Å². The van der Waals surface area contributed by atoms with Crippen LogP contribution in [0.3, 0.4) is 0 Å². The van der Waals surface area contributed by atoms with Gasteiger partial charge in [0.1, 0.15) is 18.5 Å². The highest BCUT2D eigenvalue weighted by Crippen LogP contribution is 2.37. The quantitative estimate of drug-likeness (QED) is 0.390. The maximum atomic E-state index is 10.7. The van der Waals surface area contributed by atoms with Gasteiger partial charge in [-0.05, 0) is 44.8 Å². The second-order valence-corrected chi connectivity index (χ2v) is 5.87. The van der Waals surface area contributed by atoms with E-state index >= 15 is 0 Å². The van der Waals surface area contributed by atoms with Crippen LogP contribution in [-0.2, 0) is 0 Å². The number of nitrogens with zero attached hydrogens (tertiary/aromatic N) is 1. The number of hydrogen-bond donors (Lipinski definition) is 2. The lowest BCUT2D eigenvalue weighted by Crippen LogP contribution is -2.31. The molecule has 0 radical (unpaired) electrons. The van der Waals surface area contributed by atoms with Crippen LogP contribution in [0.4, 0.5) is 5.69 Å². The first-order chi connectivity index (χ1) is 9.45. The van der Waals surface area contributed by atoms with Crippen molar-refractivity contribution in [3.05, 3.63) is 31.2 Å². The van der Waals surface area contributed by atoms with Crippen molar-refractivity contribution in [2.24, 2.45) is 0 Å². The van der Waals surface area contributed by atoms with E-state index in [9.17, 15) is 15.2 Å². The number of halogens is 2. The van der Waals surface area contributed by atoms with Crippen molar-refractivity contribution in [3.63, 3.8) is 0 Å². The molecular formula is C12H16Br2N2O4. The van der Waals surface area contributed by atoms with Crippen molar-refractivity contribution >= 4 is 37.5 Å². The van der Waals surface area contributed by atoms with Gasteiger partial charge >= 0.3 is 0 Å². The van der Waals surface area contributed by atoms with Crippen LogP contribution in [0, 0.1) is 10.1 Å². The van der Waals surface area contributed by atoms with Crippen LogP contribution in [0.15, 0.2) is 21.1 Å². The van der Waals surface area contributed by atoms with Gasteiger partial charge < -0.3 is 15.2 Å². The molecule has 2 N–H and O–H groups in total. The van der Waals surface area contributed by atoms with Gasteiger partial charge in [0.25, 0.3) is 5.69 Å². The number of rotatable bonds is 8. The lowest BCUT2D eigenvalue weighted by molar-refractivity contribution is -0.385. The van der Waals surface area contributed by atoms with E-state index in [1.54, 1.807) is 0 Å². The second-order valence-electron chi connectivity index (χ2n) is 4.16. The molecule has 1 rings (SSSR count). The topological polar surface area (TPSA) is 84.6 Å². The van der Waals surface area contributed by atoms with E-state index in [0.717, 1.165) is 13.0 Å². The molecule has 0 aliphatic carbocycles. The lowest BCUT2D eigenvalue weighted by atomic mass is 10.3. The van der Waals surface area contributed by atoms with E-state index in [-0.39, 0.29) is 12.3 Å². The fraction of sp³-hybridized carbons (Fsp3) is 0.500. The summed E-state index contributed by atoms with van der Waals surface area (Å²) in [6.07, 6.45) is 0.350. The summed E-state index contributed by atoms with van der Waals surface area (Å²) < 4.78 is 6.42. The van der Waals surface area contributed by atoms with Crippen LogP contribution in [0.5, 0.6) is 5.75 Å². The predicted molar refractivity (Wildman–Crippen MR) is 83.2 cm³/mol. The molecule has 0 amide bonds. The van der Waals surface area contributed by atoms with Crippen molar-refractivity contribution < 1.29 is 14.8 Å². The average Bonchev–Trinajstić information content (AvgIpc) is 2.37. The maximum absolute atomic E-state index is 10.7. The van der Waals surface area contributed by atoms with Gasteiger partial charge in [0.2, 0.25) is 0 Å². The minimum absolute atomic E-state index is 0.0405. The summed E-state index contributed by atoms with van der Waals surface area (Å²) in [5.41, 5.74) is -0.0405. The van der Waals surface area contributed by atoms with Crippen molar-refractivity contribution in [1.29, 1.82) is 0 Å². The van der Waals surface area contributed by atoms with Gasteiger partial charge in [-0.25, -0.2) is 0 Å². The first-order valence-corrected chi connectivity index (χ1v) is 7.69. The van der Waals surface area contributed by atoms with Crippen LogP contribution in [0.1, 0.15) is 13.3 Å². The highest BCUT2D eigenvalue weighted by molar-refractivity contribution is 9.11. The molecule has 1 atom stereocenters. The van der Waals surface area contributed by atoms with Crippen molar-refractivity contribution in [1.82, 2.24) is 5.32 Å². The first kappa shape index (κ1) is 17.4. The molecule has 0 heterocycles. The van der Waals surface area contributed by atoms with Crippen LogP contribution >= 0.6 is 31.9 Å². The van der Waals surface area contributed by atoms with Gasteiger partial charge in [-0.3, -0.25) is 10.1 Å². The molecule has 20 heavy (non-hydrogen) atoms. The molecule has 112 valence electrons. The summed E-state index contributed by atoms with van der Waals surface area (Å²) >= 11 is 6.45. The molecule has 0 aromatic heterocycles. The molecule has 0 saturated carbocycles. The highest BCUT2D eigenvalue weighted by atomic mass is 79.9. The summed E-state index contributed by atoms with van der Waals surface area (Å²) in [5.74, 6) is 0.435. The molecule has 1 aromatic carbocycles. The van der Waals surface area contributed by atoms with Crippen LogP contribution in [0.25, 0.3) is 0 Å². The maximum Gasteiger partial charge on any atom is 0.271 e. The zero-order chi connectivity index (χ0) is 15.1. The standard InChI is InChI=1S/C12H16Br2N2O4/c1-2-3-15-6-9(17)7-20-12-10(13)4-8(16(18)19)5-11(12)14/h4-5,9,15,17H,2-3,6-7H2,1H3. The number of nitro benzene ring substituents is 1. The minimum atomic E-state index is -0.643.